The van der Waals surface area contributed by atoms with E-state index in [2.05, 4.69) is 4.74 Å². The third-order valence-electron chi connectivity index (χ3n) is 1.98. The van der Waals surface area contributed by atoms with E-state index in [0.29, 0.717) is 29.5 Å². The molecule has 0 fully saturated rings. The van der Waals surface area contributed by atoms with Gasteiger partial charge in [-0.1, -0.05) is 13.8 Å². The number of nitrogens with two attached hydrogens (primary N) is 1. The molecule has 2 N–H and O–H groups in total. The van der Waals surface area contributed by atoms with Gasteiger partial charge < -0.3 is 15.2 Å². The second kappa shape index (κ2) is 5.39. The first-order chi connectivity index (χ1) is 7.54. The molecule has 0 unspecified atom stereocenters. The summed E-state index contributed by atoms with van der Waals surface area (Å²) in [5.41, 5.74) is 6.49. The molecule has 16 heavy (non-hydrogen) atoms. The summed E-state index contributed by atoms with van der Waals surface area (Å²) in [5.74, 6) is 0.462. The number of hydrogen-bond acceptors (Lipinski definition) is 4. The Balaban J connectivity index is 2.93. The Hall–Kier alpha value is -1.71. The van der Waals surface area contributed by atoms with Crippen molar-refractivity contribution >= 4 is 11.7 Å². The molecule has 0 radical (unpaired) electrons. The van der Waals surface area contributed by atoms with Gasteiger partial charge in [0.25, 0.3) is 0 Å². The summed E-state index contributed by atoms with van der Waals surface area (Å²) in [5, 5.41) is 0. The van der Waals surface area contributed by atoms with Crippen LogP contribution in [0.5, 0.6) is 5.75 Å². The Bertz CT molecular complexity index is 375. The maximum atomic E-state index is 11.5. The standard InChI is InChI=1S/C12H17NO3/c1-8(2)7-16-11-5-4-9(13)6-10(11)12(14)15-3/h4-6,8H,7,13H2,1-3H3. The molecule has 1 rings (SSSR count). The fourth-order valence-corrected chi connectivity index (χ4v) is 1.20. The van der Waals surface area contributed by atoms with Crippen LogP contribution in [0.15, 0.2) is 18.2 Å². The van der Waals surface area contributed by atoms with Crippen LogP contribution >= 0.6 is 0 Å². The third kappa shape index (κ3) is 3.15. The summed E-state index contributed by atoms with van der Waals surface area (Å²) >= 11 is 0. The minimum Gasteiger partial charge on any atom is -0.492 e. The van der Waals surface area contributed by atoms with Crippen molar-refractivity contribution in [3.8, 4) is 5.75 Å². The molecular formula is C12H17NO3. The summed E-state index contributed by atoms with van der Waals surface area (Å²) in [6, 6.07) is 4.94. The molecule has 0 saturated heterocycles. The molecule has 4 nitrogen and oxygen atoms in total. The number of nitrogen functional groups attached to an aromatic ring is 1. The molecule has 1 aromatic carbocycles. The first-order valence-corrected chi connectivity index (χ1v) is 5.15. The molecule has 0 aliphatic rings. The summed E-state index contributed by atoms with van der Waals surface area (Å²) in [6.07, 6.45) is 0. The molecule has 0 amide bonds. The van der Waals surface area contributed by atoms with Crippen molar-refractivity contribution in [3.05, 3.63) is 23.8 Å². The minimum absolute atomic E-state index is 0.364. The molecule has 4 heteroatoms. The summed E-state index contributed by atoms with van der Waals surface area (Å²) in [7, 11) is 1.33. The molecule has 0 heterocycles. The van der Waals surface area contributed by atoms with Crippen molar-refractivity contribution in [1.82, 2.24) is 0 Å². The van der Waals surface area contributed by atoms with E-state index in [0.717, 1.165) is 0 Å². The number of esters is 1. The van der Waals surface area contributed by atoms with Crippen molar-refractivity contribution in [1.29, 1.82) is 0 Å². The monoisotopic (exact) mass is 223 g/mol. The third-order valence-corrected chi connectivity index (χ3v) is 1.98. The topological polar surface area (TPSA) is 61.5 Å². The lowest BCUT2D eigenvalue weighted by Gasteiger charge is -2.12. The zero-order valence-electron chi connectivity index (χ0n) is 9.82. The molecule has 1 aromatic rings. The van der Waals surface area contributed by atoms with Gasteiger partial charge in [-0.05, 0) is 24.1 Å². The van der Waals surface area contributed by atoms with E-state index in [-0.39, 0.29) is 0 Å². The molecule has 0 atom stereocenters. The fourth-order valence-electron chi connectivity index (χ4n) is 1.20. The lowest BCUT2D eigenvalue weighted by atomic mass is 10.1. The number of hydrogen-bond donors (Lipinski definition) is 1. The summed E-state index contributed by atoms with van der Waals surface area (Å²) in [4.78, 5) is 11.5. The number of rotatable bonds is 4. The van der Waals surface area contributed by atoms with Crippen molar-refractivity contribution in [2.75, 3.05) is 19.5 Å². The molecule has 0 bridgehead atoms. The van der Waals surface area contributed by atoms with E-state index in [9.17, 15) is 4.79 Å². The second-order valence-electron chi connectivity index (χ2n) is 3.95. The van der Waals surface area contributed by atoms with Crippen LogP contribution in [0.4, 0.5) is 5.69 Å². The van der Waals surface area contributed by atoms with Gasteiger partial charge >= 0.3 is 5.97 Å². The number of benzene rings is 1. The minimum atomic E-state index is -0.439. The van der Waals surface area contributed by atoms with Gasteiger partial charge in [0.15, 0.2) is 0 Å². The molecule has 0 aliphatic heterocycles. The van der Waals surface area contributed by atoms with Crippen LogP contribution in [0.2, 0.25) is 0 Å². The van der Waals surface area contributed by atoms with Gasteiger partial charge in [-0.3, -0.25) is 0 Å². The first-order valence-electron chi connectivity index (χ1n) is 5.15. The first kappa shape index (κ1) is 12.4. The Morgan fingerprint density at radius 2 is 2.12 bits per heavy atom. The number of carbonyl (C=O) groups excluding carboxylic acids is 1. The van der Waals surface area contributed by atoms with Crippen LogP contribution in [-0.4, -0.2) is 19.7 Å². The number of methoxy groups -OCH3 is 1. The van der Waals surface area contributed by atoms with Crippen molar-refractivity contribution < 1.29 is 14.3 Å². The van der Waals surface area contributed by atoms with Crippen LogP contribution in [-0.2, 0) is 4.74 Å². The van der Waals surface area contributed by atoms with Crippen LogP contribution in [0, 0.1) is 5.92 Å². The molecule has 0 aliphatic carbocycles. The number of anilines is 1. The van der Waals surface area contributed by atoms with E-state index in [1.165, 1.54) is 7.11 Å². The van der Waals surface area contributed by atoms with E-state index in [1.807, 2.05) is 13.8 Å². The summed E-state index contributed by atoms with van der Waals surface area (Å²) < 4.78 is 10.2. The lowest BCUT2D eigenvalue weighted by Crippen LogP contribution is -2.10. The molecule has 0 saturated carbocycles. The summed E-state index contributed by atoms with van der Waals surface area (Å²) in [6.45, 7) is 4.62. The van der Waals surface area contributed by atoms with Crippen molar-refractivity contribution in [3.63, 3.8) is 0 Å². The predicted octanol–water partition coefficient (Wildman–Crippen LogP) is 2.09. The van der Waals surface area contributed by atoms with Gasteiger partial charge in [-0.25, -0.2) is 4.79 Å². The zero-order valence-corrected chi connectivity index (χ0v) is 9.82. The molecule has 88 valence electrons. The highest BCUT2D eigenvalue weighted by atomic mass is 16.5. The van der Waals surface area contributed by atoms with Crippen LogP contribution in [0.25, 0.3) is 0 Å². The van der Waals surface area contributed by atoms with Crippen molar-refractivity contribution in [2.24, 2.45) is 5.92 Å². The Morgan fingerprint density at radius 1 is 1.44 bits per heavy atom. The van der Waals surface area contributed by atoms with Gasteiger partial charge in [-0.15, -0.1) is 0 Å². The normalized spacial score (nSPS) is 10.2. The highest BCUT2D eigenvalue weighted by Gasteiger charge is 2.13. The molecular weight excluding hydrogens is 206 g/mol. The quantitative estimate of drug-likeness (QED) is 0.627. The average Bonchev–Trinajstić information content (AvgIpc) is 2.26. The lowest BCUT2D eigenvalue weighted by molar-refractivity contribution is 0.0595. The van der Waals surface area contributed by atoms with Gasteiger partial charge in [-0.2, -0.15) is 0 Å². The SMILES string of the molecule is COC(=O)c1cc(N)ccc1OCC(C)C. The second-order valence-corrected chi connectivity index (χ2v) is 3.95. The van der Waals surface area contributed by atoms with E-state index < -0.39 is 5.97 Å². The van der Waals surface area contributed by atoms with Gasteiger partial charge in [0.1, 0.15) is 11.3 Å². The maximum absolute atomic E-state index is 11.5. The molecule has 0 spiro atoms. The average molecular weight is 223 g/mol. The number of carbonyl (C=O) groups is 1. The Morgan fingerprint density at radius 3 is 2.69 bits per heavy atom. The zero-order chi connectivity index (χ0) is 12.1. The van der Waals surface area contributed by atoms with E-state index in [4.69, 9.17) is 10.5 Å². The Kier molecular flexibility index (Phi) is 4.17. The van der Waals surface area contributed by atoms with Crippen LogP contribution in [0.3, 0.4) is 0 Å². The maximum Gasteiger partial charge on any atom is 0.341 e. The van der Waals surface area contributed by atoms with E-state index in [1.54, 1.807) is 18.2 Å². The largest absolute Gasteiger partial charge is 0.492 e. The van der Waals surface area contributed by atoms with Crippen LogP contribution < -0.4 is 10.5 Å². The highest BCUT2D eigenvalue weighted by molar-refractivity contribution is 5.93. The number of ether oxygens (including phenoxy) is 2. The van der Waals surface area contributed by atoms with Gasteiger partial charge in [0.05, 0.1) is 13.7 Å². The Labute approximate surface area is 95.3 Å². The highest BCUT2D eigenvalue weighted by Crippen LogP contribution is 2.22. The van der Waals surface area contributed by atoms with Gasteiger partial charge in [0.2, 0.25) is 0 Å². The predicted molar refractivity (Wildman–Crippen MR) is 62.5 cm³/mol. The fraction of sp³-hybridized carbons (Fsp3) is 0.417. The van der Waals surface area contributed by atoms with Crippen LogP contribution in [0.1, 0.15) is 24.2 Å². The smallest absolute Gasteiger partial charge is 0.341 e. The van der Waals surface area contributed by atoms with Crippen molar-refractivity contribution in [2.45, 2.75) is 13.8 Å². The van der Waals surface area contributed by atoms with Gasteiger partial charge in [0, 0.05) is 5.69 Å². The van der Waals surface area contributed by atoms with E-state index >= 15 is 0 Å². The molecule has 0 aromatic heterocycles.